The first-order chi connectivity index (χ1) is 9.60. The Morgan fingerprint density at radius 2 is 1.90 bits per heavy atom. The number of methoxy groups -OCH3 is 1. The van der Waals surface area contributed by atoms with E-state index in [0.29, 0.717) is 0 Å². The van der Waals surface area contributed by atoms with Gasteiger partial charge in [-0.2, -0.15) is 0 Å². The predicted octanol–water partition coefficient (Wildman–Crippen LogP) is 1.01. The molecule has 1 aliphatic rings. The second-order valence-electron chi connectivity index (χ2n) is 5.53. The summed E-state index contributed by atoms with van der Waals surface area (Å²) in [6, 6.07) is 6.37. The SMILES string of the molecule is COc1cc(CNN2CCN(C)CC2)ccc1N(C)C. The molecule has 0 bridgehead atoms. The van der Waals surface area contributed by atoms with Gasteiger partial charge in [0.25, 0.3) is 0 Å². The standard InChI is InChI=1S/C15H26N4O/c1-17(2)14-6-5-13(11-15(14)20-4)12-16-19-9-7-18(3)8-10-19/h5-6,11,16H,7-10,12H2,1-4H3. The van der Waals surface area contributed by atoms with E-state index in [9.17, 15) is 0 Å². The summed E-state index contributed by atoms with van der Waals surface area (Å²) >= 11 is 0. The number of benzene rings is 1. The summed E-state index contributed by atoms with van der Waals surface area (Å²) < 4.78 is 5.46. The normalized spacial score (nSPS) is 17.2. The van der Waals surface area contributed by atoms with Gasteiger partial charge in [0, 0.05) is 46.8 Å². The second-order valence-corrected chi connectivity index (χ2v) is 5.53. The molecule has 112 valence electrons. The first kappa shape index (κ1) is 15.1. The van der Waals surface area contributed by atoms with Crippen molar-refractivity contribution in [3.05, 3.63) is 23.8 Å². The molecular weight excluding hydrogens is 252 g/mol. The number of likely N-dealkylation sites (N-methyl/N-ethyl adjacent to an activating group) is 1. The number of rotatable bonds is 5. The van der Waals surface area contributed by atoms with Crippen LogP contribution < -0.4 is 15.1 Å². The lowest BCUT2D eigenvalue weighted by atomic mass is 10.2. The minimum absolute atomic E-state index is 0.841. The molecule has 2 rings (SSSR count). The zero-order valence-electron chi connectivity index (χ0n) is 13.0. The summed E-state index contributed by atoms with van der Waals surface area (Å²) in [6.07, 6.45) is 0. The van der Waals surface area contributed by atoms with Crippen LogP contribution in [0, 0.1) is 0 Å². The van der Waals surface area contributed by atoms with Crippen LogP contribution in [0.1, 0.15) is 5.56 Å². The summed E-state index contributed by atoms with van der Waals surface area (Å²) in [4.78, 5) is 4.42. The van der Waals surface area contributed by atoms with Crippen LogP contribution in [0.25, 0.3) is 0 Å². The van der Waals surface area contributed by atoms with E-state index in [4.69, 9.17) is 4.74 Å². The monoisotopic (exact) mass is 278 g/mol. The van der Waals surface area contributed by atoms with Gasteiger partial charge >= 0.3 is 0 Å². The molecule has 0 radical (unpaired) electrons. The fourth-order valence-electron chi connectivity index (χ4n) is 2.37. The van der Waals surface area contributed by atoms with Gasteiger partial charge in [-0.15, -0.1) is 0 Å². The molecule has 0 spiro atoms. The van der Waals surface area contributed by atoms with Gasteiger partial charge in [-0.1, -0.05) is 6.07 Å². The Labute approximate surface area is 122 Å². The van der Waals surface area contributed by atoms with Gasteiger partial charge in [-0.05, 0) is 24.7 Å². The minimum Gasteiger partial charge on any atom is -0.495 e. The molecule has 1 aromatic carbocycles. The second kappa shape index (κ2) is 6.92. The zero-order valence-corrected chi connectivity index (χ0v) is 13.0. The van der Waals surface area contributed by atoms with Gasteiger partial charge in [0.2, 0.25) is 0 Å². The Morgan fingerprint density at radius 1 is 1.20 bits per heavy atom. The van der Waals surface area contributed by atoms with Crippen molar-refractivity contribution < 1.29 is 4.74 Å². The molecule has 1 aromatic rings. The van der Waals surface area contributed by atoms with E-state index in [0.717, 1.165) is 44.2 Å². The average Bonchev–Trinajstić information content (AvgIpc) is 2.46. The Kier molecular flexibility index (Phi) is 5.23. The Hall–Kier alpha value is -1.30. The number of anilines is 1. The molecule has 1 heterocycles. The molecule has 20 heavy (non-hydrogen) atoms. The van der Waals surface area contributed by atoms with Crippen LogP contribution >= 0.6 is 0 Å². The van der Waals surface area contributed by atoms with E-state index in [1.807, 2.05) is 14.1 Å². The molecule has 0 amide bonds. The molecule has 1 aliphatic heterocycles. The Morgan fingerprint density at radius 3 is 2.50 bits per heavy atom. The largest absolute Gasteiger partial charge is 0.495 e. The van der Waals surface area contributed by atoms with Gasteiger partial charge in [0.1, 0.15) is 5.75 Å². The van der Waals surface area contributed by atoms with Crippen LogP contribution in [0.3, 0.4) is 0 Å². The Balaban J connectivity index is 1.93. The first-order valence-electron chi connectivity index (χ1n) is 7.11. The molecule has 1 fully saturated rings. The average molecular weight is 278 g/mol. The first-order valence-corrected chi connectivity index (χ1v) is 7.11. The fraction of sp³-hybridized carbons (Fsp3) is 0.600. The topological polar surface area (TPSA) is 31.0 Å². The number of piperazine rings is 1. The molecule has 0 aliphatic carbocycles. The van der Waals surface area contributed by atoms with Crippen molar-refractivity contribution in [2.24, 2.45) is 0 Å². The van der Waals surface area contributed by atoms with E-state index >= 15 is 0 Å². The van der Waals surface area contributed by atoms with Crippen LogP contribution in [0.15, 0.2) is 18.2 Å². The van der Waals surface area contributed by atoms with Crippen molar-refractivity contribution in [1.82, 2.24) is 15.3 Å². The fourth-order valence-corrected chi connectivity index (χ4v) is 2.37. The lowest BCUT2D eigenvalue weighted by Gasteiger charge is -2.32. The molecule has 0 saturated carbocycles. The summed E-state index contributed by atoms with van der Waals surface area (Å²) in [5, 5.41) is 2.30. The number of ether oxygens (including phenoxy) is 1. The number of hydrazine groups is 1. The van der Waals surface area contributed by atoms with Crippen molar-refractivity contribution >= 4 is 5.69 Å². The van der Waals surface area contributed by atoms with Crippen molar-refractivity contribution in [1.29, 1.82) is 0 Å². The number of nitrogens with one attached hydrogen (secondary N) is 1. The van der Waals surface area contributed by atoms with Crippen LogP contribution in [0.5, 0.6) is 5.75 Å². The van der Waals surface area contributed by atoms with Crippen molar-refractivity contribution in [3.8, 4) is 5.75 Å². The quantitative estimate of drug-likeness (QED) is 0.869. The maximum Gasteiger partial charge on any atom is 0.142 e. The van der Waals surface area contributed by atoms with Crippen LogP contribution in [0.2, 0.25) is 0 Å². The van der Waals surface area contributed by atoms with E-state index in [1.165, 1.54) is 5.56 Å². The lowest BCUT2D eigenvalue weighted by Crippen LogP contribution is -2.50. The number of hydrogen-bond donors (Lipinski definition) is 1. The van der Waals surface area contributed by atoms with E-state index in [-0.39, 0.29) is 0 Å². The third-order valence-corrected chi connectivity index (χ3v) is 3.74. The predicted molar refractivity (Wildman–Crippen MR) is 83.2 cm³/mol. The van der Waals surface area contributed by atoms with Gasteiger partial charge in [0.15, 0.2) is 0 Å². The maximum atomic E-state index is 5.46. The zero-order chi connectivity index (χ0) is 14.5. The maximum absolute atomic E-state index is 5.46. The summed E-state index contributed by atoms with van der Waals surface area (Å²) in [6.45, 7) is 5.23. The highest BCUT2D eigenvalue weighted by atomic mass is 16.5. The minimum atomic E-state index is 0.841. The van der Waals surface area contributed by atoms with Crippen molar-refractivity contribution in [3.63, 3.8) is 0 Å². The molecule has 5 heteroatoms. The lowest BCUT2D eigenvalue weighted by molar-refractivity contribution is 0.102. The van der Waals surface area contributed by atoms with Crippen LogP contribution in [-0.2, 0) is 6.54 Å². The third-order valence-electron chi connectivity index (χ3n) is 3.74. The molecule has 5 nitrogen and oxygen atoms in total. The Bertz CT molecular complexity index is 428. The van der Waals surface area contributed by atoms with Gasteiger partial charge < -0.3 is 14.5 Å². The van der Waals surface area contributed by atoms with E-state index in [1.54, 1.807) is 7.11 Å². The van der Waals surface area contributed by atoms with Crippen LogP contribution in [0.4, 0.5) is 5.69 Å². The van der Waals surface area contributed by atoms with Gasteiger partial charge in [0.05, 0.1) is 12.8 Å². The highest BCUT2D eigenvalue weighted by Gasteiger charge is 2.13. The van der Waals surface area contributed by atoms with Gasteiger partial charge in [-0.3, -0.25) is 5.43 Å². The molecule has 1 saturated heterocycles. The summed E-state index contributed by atoms with van der Waals surface area (Å²) in [5.74, 6) is 0.924. The van der Waals surface area contributed by atoms with Crippen molar-refractivity contribution in [2.75, 3.05) is 59.3 Å². The van der Waals surface area contributed by atoms with Crippen LogP contribution in [-0.4, -0.2) is 64.3 Å². The third kappa shape index (κ3) is 3.85. The highest BCUT2D eigenvalue weighted by Crippen LogP contribution is 2.27. The summed E-state index contributed by atoms with van der Waals surface area (Å²) in [7, 11) is 7.95. The molecule has 0 atom stereocenters. The number of nitrogens with zero attached hydrogens (tertiary/aromatic N) is 3. The molecule has 1 N–H and O–H groups in total. The van der Waals surface area contributed by atoms with E-state index in [2.05, 4.69) is 45.5 Å². The molecule has 0 unspecified atom stereocenters. The molecular formula is C15H26N4O. The summed E-state index contributed by atoms with van der Waals surface area (Å²) in [5.41, 5.74) is 5.85. The highest BCUT2D eigenvalue weighted by molar-refractivity contribution is 5.58. The molecule has 0 aromatic heterocycles. The van der Waals surface area contributed by atoms with Crippen molar-refractivity contribution in [2.45, 2.75) is 6.54 Å². The van der Waals surface area contributed by atoms with E-state index < -0.39 is 0 Å². The number of hydrogen-bond acceptors (Lipinski definition) is 5. The smallest absolute Gasteiger partial charge is 0.142 e. The van der Waals surface area contributed by atoms with Gasteiger partial charge in [-0.25, -0.2) is 5.01 Å².